The third-order valence-electron chi connectivity index (χ3n) is 0.959. The molecule has 0 aromatic rings. The van der Waals surface area contributed by atoms with Gasteiger partial charge in [0, 0.05) is 20.8 Å². The van der Waals surface area contributed by atoms with E-state index in [9.17, 15) is 0 Å². The lowest BCUT2D eigenvalue weighted by molar-refractivity contribution is 0.185. The number of hydrogen-bond acceptors (Lipinski definition) is 3. The summed E-state index contributed by atoms with van der Waals surface area (Å²) in [5, 5.41) is 0. The van der Waals surface area contributed by atoms with Crippen LogP contribution in [0.4, 0.5) is 0 Å². The second-order valence-electron chi connectivity index (χ2n) is 1.84. The average Bonchev–Trinajstić information content (AvgIpc) is 1.90. The Morgan fingerprint density at radius 1 is 1.10 bits per heavy atom. The molecule has 0 fully saturated rings. The molecular formula is C6H15O3Si. The first kappa shape index (κ1) is 10.1. The van der Waals surface area contributed by atoms with Crippen LogP contribution in [0.3, 0.4) is 0 Å². The fourth-order valence-electron chi connectivity index (χ4n) is 0.651. The molecule has 0 N–H and O–H groups in total. The zero-order valence-electron chi connectivity index (χ0n) is 6.85. The summed E-state index contributed by atoms with van der Waals surface area (Å²) in [4.78, 5) is 0. The summed E-state index contributed by atoms with van der Waals surface area (Å²) >= 11 is 0. The first-order chi connectivity index (χ1) is 4.85. The van der Waals surface area contributed by atoms with Crippen molar-refractivity contribution in [3.8, 4) is 0 Å². The first-order valence-electron chi connectivity index (χ1n) is 3.30. The zero-order chi connectivity index (χ0) is 7.82. The molecular weight excluding hydrogens is 148 g/mol. The number of methoxy groups -OCH3 is 2. The van der Waals surface area contributed by atoms with Crippen LogP contribution in [0.5, 0.6) is 0 Å². The number of ether oxygens (including phenoxy) is 2. The Morgan fingerprint density at radius 2 is 1.60 bits per heavy atom. The average molecular weight is 163 g/mol. The Kier molecular flexibility index (Phi) is 7.28. The summed E-state index contributed by atoms with van der Waals surface area (Å²) in [6.45, 7) is 2.73. The summed E-state index contributed by atoms with van der Waals surface area (Å²) < 4.78 is 15.3. The summed E-state index contributed by atoms with van der Waals surface area (Å²) in [7, 11) is 2.52. The molecule has 3 nitrogen and oxygen atoms in total. The molecule has 0 aliphatic rings. The van der Waals surface area contributed by atoms with Crippen LogP contribution in [0.15, 0.2) is 0 Å². The van der Waals surface area contributed by atoms with E-state index in [1.54, 1.807) is 14.2 Å². The number of rotatable bonds is 6. The highest BCUT2D eigenvalue weighted by molar-refractivity contribution is 6.51. The molecule has 1 radical (unpaired) electrons. The topological polar surface area (TPSA) is 27.7 Å². The predicted octanol–water partition coefficient (Wildman–Crippen LogP) is 0.386. The fraction of sp³-hybridized carbons (Fsp3) is 1.00. The van der Waals surface area contributed by atoms with Gasteiger partial charge in [0.15, 0.2) is 0 Å². The largest absolute Gasteiger partial charge is 0.412 e. The molecule has 0 aromatic carbocycles. The van der Waals surface area contributed by atoms with E-state index in [1.807, 2.05) is 6.92 Å². The van der Waals surface area contributed by atoms with Crippen molar-refractivity contribution in [2.75, 3.05) is 33.3 Å². The van der Waals surface area contributed by atoms with Gasteiger partial charge in [-0.25, -0.2) is 0 Å². The van der Waals surface area contributed by atoms with Crippen molar-refractivity contribution in [3.63, 3.8) is 0 Å². The maximum absolute atomic E-state index is 5.37. The molecule has 0 saturated carbocycles. The summed E-state index contributed by atoms with van der Waals surface area (Å²) in [5.74, 6) is 0. The van der Waals surface area contributed by atoms with Crippen LogP contribution >= 0.6 is 0 Å². The van der Waals surface area contributed by atoms with E-state index >= 15 is 0 Å². The third kappa shape index (κ3) is 4.93. The van der Waals surface area contributed by atoms with E-state index in [2.05, 4.69) is 0 Å². The van der Waals surface area contributed by atoms with Crippen LogP contribution in [0.2, 0.25) is 0 Å². The molecule has 10 heavy (non-hydrogen) atoms. The Bertz CT molecular complexity index is 55.7. The molecule has 0 amide bonds. The molecule has 0 unspecified atom stereocenters. The Labute approximate surface area is 64.0 Å². The number of hydrogen-bond donors (Lipinski definition) is 0. The second-order valence-corrected chi connectivity index (χ2v) is 3.78. The van der Waals surface area contributed by atoms with Crippen molar-refractivity contribution < 1.29 is 13.9 Å². The summed E-state index contributed by atoms with van der Waals surface area (Å²) in [6.07, 6.45) is 1.40. The van der Waals surface area contributed by atoms with Crippen LogP contribution in [-0.2, 0) is 13.9 Å². The highest BCUT2D eigenvalue weighted by Crippen LogP contribution is 1.87. The van der Waals surface area contributed by atoms with E-state index in [0.717, 1.165) is 6.61 Å². The summed E-state index contributed by atoms with van der Waals surface area (Å²) in [6, 6.07) is 0. The van der Waals surface area contributed by atoms with E-state index in [4.69, 9.17) is 13.9 Å². The minimum atomic E-state index is -0.842. The van der Waals surface area contributed by atoms with Crippen molar-refractivity contribution in [2.24, 2.45) is 0 Å². The lowest BCUT2D eigenvalue weighted by Crippen LogP contribution is -2.30. The van der Waals surface area contributed by atoms with E-state index in [1.165, 1.54) is 0 Å². The normalized spacial score (nSPS) is 10.8. The Hall–Kier alpha value is 0.0969. The minimum Gasteiger partial charge on any atom is -0.412 e. The fourth-order valence-corrected chi connectivity index (χ4v) is 1.95. The zero-order valence-corrected chi connectivity index (χ0v) is 7.85. The van der Waals surface area contributed by atoms with Crippen LogP contribution in [-0.4, -0.2) is 42.3 Å². The molecule has 0 aliphatic heterocycles. The Morgan fingerprint density at radius 3 is 1.90 bits per heavy atom. The van der Waals surface area contributed by atoms with Gasteiger partial charge in [-0.15, -0.1) is 0 Å². The van der Waals surface area contributed by atoms with Gasteiger partial charge >= 0.3 is 0 Å². The smallest absolute Gasteiger partial charge is 0.265 e. The Balaban J connectivity index is 3.30. The predicted molar refractivity (Wildman–Crippen MR) is 41.1 cm³/mol. The molecule has 0 aromatic heterocycles. The molecule has 0 rings (SSSR count). The quantitative estimate of drug-likeness (QED) is 0.530. The van der Waals surface area contributed by atoms with Gasteiger partial charge in [0.25, 0.3) is 9.04 Å². The van der Waals surface area contributed by atoms with Gasteiger partial charge in [0.05, 0.1) is 12.5 Å². The van der Waals surface area contributed by atoms with E-state index < -0.39 is 9.04 Å². The van der Waals surface area contributed by atoms with Gasteiger partial charge in [0.1, 0.15) is 0 Å². The van der Waals surface area contributed by atoms with Crippen molar-refractivity contribution in [2.45, 2.75) is 6.92 Å². The molecule has 4 heteroatoms. The van der Waals surface area contributed by atoms with Crippen molar-refractivity contribution >= 4 is 9.04 Å². The molecule has 0 bridgehead atoms. The monoisotopic (exact) mass is 163 g/mol. The molecule has 0 atom stereocenters. The maximum atomic E-state index is 5.37. The van der Waals surface area contributed by atoms with Gasteiger partial charge in [-0.05, 0) is 6.92 Å². The first-order valence-corrected chi connectivity index (χ1v) is 5.12. The summed E-state index contributed by atoms with van der Waals surface area (Å²) in [5.41, 5.74) is 0. The third-order valence-corrected chi connectivity index (χ3v) is 2.88. The molecule has 0 aliphatic carbocycles. The molecule has 0 saturated heterocycles. The standard InChI is InChI=1S/C6H15O3Si/c1-4-9-10(5-7-2)6-8-3/h4-6H2,1-3H3. The highest BCUT2D eigenvalue weighted by Gasteiger charge is 2.10. The minimum absolute atomic E-state index is 0.701. The van der Waals surface area contributed by atoms with Crippen LogP contribution < -0.4 is 0 Å². The van der Waals surface area contributed by atoms with Crippen molar-refractivity contribution in [1.29, 1.82) is 0 Å². The van der Waals surface area contributed by atoms with Crippen molar-refractivity contribution in [1.82, 2.24) is 0 Å². The molecule has 0 heterocycles. The highest BCUT2D eigenvalue weighted by atomic mass is 28.3. The van der Waals surface area contributed by atoms with Gasteiger partial charge in [0.2, 0.25) is 0 Å². The van der Waals surface area contributed by atoms with Gasteiger partial charge in [-0.3, -0.25) is 0 Å². The molecule has 0 spiro atoms. The SMILES string of the molecule is CCO[Si](COC)COC. The van der Waals surface area contributed by atoms with Gasteiger partial charge in [-0.1, -0.05) is 0 Å². The van der Waals surface area contributed by atoms with Crippen molar-refractivity contribution in [3.05, 3.63) is 0 Å². The van der Waals surface area contributed by atoms with Crippen LogP contribution in [0.25, 0.3) is 0 Å². The van der Waals surface area contributed by atoms with Gasteiger partial charge in [-0.2, -0.15) is 0 Å². The van der Waals surface area contributed by atoms with Crippen LogP contribution in [0.1, 0.15) is 6.92 Å². The lowest BCUT2D eigenvalue weighted by atomic mass is 10.9. The second kappa shape index (κ2) is 7.21. The van der Waals surface area contributed by atoms with E-state index in [-0.39, 0.29) is 0 Å². The van der Waals surface area contributed by atoms with Gasteiger partial charge < -0.3 is 13.9 Å². The van der Waals surface area contributed by atoms with Crippen LogP contribution in [0, 0.1) is 0 Å². The maximum Gasteiger partial charge on any atom is 0.265 e. The molecule has 61 valence electrons. The van der Waals surface area contributed by atoms with E-state index in [0.29, 0.717) is 12.5 Å². The lowest BCUT2D eigenvalue weighted by Gasteiger charge is -2.11.